The van der Waals surface area contributed by atoms with Crippen molar-refractivity contribution in [1.82, 2.24) is 19.7 Å². The minimum absolute atomic E-state index is 0.102. The zero-order valence-corrected chi connectivity index (χ0v) is 22.4. The predicted octanol–water partition coefficient (Wildman–Crippen LogP) is 1.56. The fourth-order valence-corrected chi connectivity index (χ4v) is 6.82. The van der Waals surface area contributed by atoms with Crippen molar-refractivity contribution in [3.63, 3.8) is 0 Å². The number of anilines is 2. The summed E-state index contributed by atoms with van der Waals surface area (Å²) in [6.45, 7) is 9.33. The van der Waals surface area contributed by atoms with Crippen molar-refractivity contribution in [1.29, 1.82) is 0 Å². The van der Waals surface area contributed by atoms with E-state index in [1.807, 2.05) is 14.0 Å². The van der Waals surface area contributed by atoms with Gasteiger partial charge in [-0.25, -0.2) is 13.4 Å². The van der Waals surface area contributed by atoms with Crippen LogP contribution in [0.4, 0.5) is 11.8 Å². The van der Waals surface area contributed by atoms with E-state index >= 15 is 0 Å². The van der Waals surface area contributed by atoms with Gasteiger partial charge in [0, 0.05) is 58.7 Å². The molecule has 2 saturated heterocycles. The van der Waals surface area contributed by atoms with Crippen molar-refractivity contribution in [3.05, 3.63) is 5.69 Å². The van der Waals surface area contributed by atoms with Gasteiger partial charge < -0.3 is 24.4 Å². The maximum absolute atomic E-state index is 12.3. The average Bonchev–Trinajstić information content (AvgIpc) is 3.04. The first-order valence-electron chi connectivity index (χ1n) is 12.0. The van der Waals surface area contributed by atoms with Crippen LogP contribution in [-0.4, -0.2) is 98.4 Å². The number of morpholine rings is 1. The lowest BCUT2D eigenvalue weighted by Gasteiger charge is -2.42. The van der Waals surface area contributed by atoms with Crippen molar-refractivity contribution in [2.75, 3.05) is 68.8 Å². The molecular formula is C23H38N6O5S. The van der Waals surface area contributed by atoms with Gasteiger partial charge in [-0.2, -0.15) is 10.1 Å². The van der Waals surface area contributed by atoms with Crippen LogP contribution < -0.4 is 10.2 Å². The second-order valence-corrected chi connectivity index (χ2v) is 12.8. The number of hydrogen-bond acceptors (Lipinski definition) is 10. The third kappa shape index (κ3) is 6.04. The summed E-state index contributed by atoms with van der Waals surface area (Å²) in [7, 11) is 0.377. The number of rotatable bonds is 8. The molecule has 2 aliphatic rings. The maximum atomic E-state index is 12.3. The van der Waals surface area contributed by atoms with Gasteiger partial charge in [-0.05, 0) is 33.6 Å². The van der Waals surface area contributed by atoms with Crippen LogP contribution in [0.25, 0.3) is 11.0 Å². The number of fused-ring (bicyclic) bond motifs is 1. The molecule has 196 valence electrons. The summed E-state index contributed by atoms with van der Waals surface area (Å²) >= 11 is 0. The Morgan fingerprint density at radius 2 is 1.94 bits per heavy atom. The van der Waals surface area contributed by atoms with Gasteiger partial charge in [0.25, 0.3) is 0 Å². The van der Waals surface area contributed by atoms with Crippen LogP contribution in [0.15, 0.2) is 0 Å². The van der Waals surface area contributed by atoms with Crippen LogP contribution in [0.3, 0.4) is 0 Å². The number of nitrogens with one attached hydrogen (secondary N) is 1. The first-order valence-corrected chi connectivity index (χ1v) is 14.1. The zero-order chi connectivity index (χ0) is 25.4. The number of nitrogens with zero attached hydrogens (tertiary/aromatic N) is 5. The van der Waals surface area contributed by atoms with Gasteiger partial charge >= 0.3 is 0 Å². The zero-order valence-electron chi connectivity index (χ0n) is 21.6. The Bertz CT molecular complexity index is 1160. The average molecular weight is 511 g/mol. The third-order valence-electron chi connectivity index (χ3n) is 6.71. The first-order chi connectivity index (χ1) is 16.4. The lowest BCUT2D eigenvalue weighted by molar-refractivity contribution is -0.106. The summed E-state index contributed by atoms with van der Waals surface area (Å²) in [4.78, 5) is 12.0. The van der Waals surface area contributed by atoms with Gasteiger partial charge in [0.2, 0.25) is 5.95 Å². The van der Waals surface area contributed by atoms with Crippen molar-refractivity contribution in [3.8, 4) is 0 Å². The highest BCUT2D eigenvalue weighted by Gasteiger charge is 2.37. The molecule has 0 aromatic carbocycles. The van der Waals surface area contributed by atoms with Gasteiger partial charge in [-0.1, -0.05) is 0 Å². The van der Waals surface area contributed by atoms with Crippen LogP contribution >= 0.6 is 0 Å². The van der Waals surface area contributed by atoms with Gasteiger partial charge in [0.1, 0.15) is 20.9 Å². The molecule has 0 spiro atoms. The normalized spacial score (nSPS) is 22.5. The van der Waals surface area contributed by atoms with Crippen LogP contribution in [0.5, 0.6) is 0 Å². The molecule has 4 heterocycles. The summed E-state index contributed by atoms with van der Waals surface area (Å²) in [6, 6.07) is 0. The van der Waals surface area contributed by atoms with Crippen molar-refractivity contribution < 1.29 is 22.6 Å². The highest BCUT2D eigenvalue weighted by Crippen LogP contribution is 2.34. The standard InChI is InChI=1S/C23H38N6O5S/c1-16-18-19(28(4)27-16)20(24-13-23(15-35(6,30)31)7-9-33-10-8-23)26-21(25-18)29-11-17(12-32-5)34-22(2,3)14-29/h17H,7-15H2,1-6H3,(H,24,25,26)/t17-/m0/s1. The number of methoxy groups -OCH3 is 1. The minimum Gasteiger partial charge on any atom is -0.382 e. The minimum atomic E-state index is -3.16. The Hall–Kier alpha value is -2.02. The lowest BCUT2D eigenvalue weighted by atomic mass is 9.82. The third-order valence-corrected chi connectivity index (χ3v) is 7.84. The molecule has 0 bridgehead atoms. The van der Waals surface area contributed by atoms with E-state index in [1.165, 1.54) is 6.26 Å². The van der Waals surface area contributed by atoms with Crippen LogP contribution in [0, 0.1) is 12.3 Å². The van der Waals surface area contributed by atoms with E-state index in [1.54, 1.807) is 11.8 Å². The molecule has 1 atom stereocenters. The summed E-state index contributed by atoms with van der Waals surface area (Å²) in [6.07, 6.45) is 2.55. The van der Waals surface area contributed by atoms with E-state index in [0.29, 0.717) is 64.1 Å². The Morgan fingerprint density at radius 1 is 1.23 bits per heavy atom. The molecule has 0 unspecified atom stereocenters. The number of hydrogen-bond donors (Lipinski definition) is 1. The smallest absolute Gasteiger partial charge is 0.228 e. The summed E-state index contributed by atoms with van der Waals surface area (Å²) < 4.78 is 43.4. The molecule has 4 rings (SSSR count). The molecule has 35 heavy (non-hydrogen) atoms. The fourth-order valence-electron chi connectivity index (χ4n) is 5.31. The topological polar surface area (TPSA) is 121 Å². The molecule has 2 aromatic rings. The van der Waals surface area contributed by atoms with Gasteiger partial charge in [0.05, 0.1) is 29.8 Å². The van der Waals surface area contributed by atoms with E-state index in [9.17, 15) is 8.42 Å². The van der Waals surface area contributed by atoms with E-state index < -0.39 is 15.3 Å². The molecular weight excluding hydrogens is 472 g/mol. The summed E-state index contributed by atoms with van der Waals surface area (Å²) in [5, 5.41) is 8.07. The van der Waals surface area contributed by atoms with E-state index in [-0.39, 0.29) is 17.5 Å². The van der Waals surface area contributed by atoms with Crippen LogP contribution in [-0.2, 0) is 31.1 Å². The molecule has 12 heteroatoms. The van der Waals surface area contributed by atoms with Gasteiger partial charge in [-0.15, -0.1) is 0 Å². The Balaban J connectivity index is 1.69. The number of aryl methyl sites for hydroxylation is 2. The molecule has 0 saturated carbocycles. The van der Waals surface area contributed by atoms with E-state index in [2.05, 4.69) is 29.2 Å². The first kappa shape index (κ1) is 26.1. The second-order valence-electron chi connectivity index (χ2n) is 10.6. The van der Waals surface area contributed by atoms with E-state index in [0.717, 1.165) is 16.7 Å². The Labute approximate surface area is 207 Å². The highest BCUT2D eigenvalue weighted by atomic mass is 32.2. The predicted molar refractivity (Wildman–Crippen MR) is 135 cm³/mol. The SMILES string of the molecule is COC[C@@H]1CN(c2nc(NCC3(CS(C)(=O)=O)CCOCC3)c3c(n2)c(C)nn3C)CC(C)(C)O1. The second kappa shape index (κ2) is 9.79. The van der Waals surface area contributed by atoms with Crippen molar-refractivity contribution in [2.24, 2.45) is 12.5 Å². The maximum Gasteiger partial charge on any atom is 0.228 e. The molecule has 2 aromatic heterocycles. The monoisotopic (exact) mass is 510 g/mol. The molecule has 0 radical (unpaired) electrons. The van der Waals surface area contributed by atoms with Crippen LogP contribution in [0.1, 0.15) is 32.4 Å². The summed E-state index contributed by atoms with van der Waals surface area (Å²) in [5.74, 6) is 1.36. The molecule has 2 aliphatic heterocycles. The number of sulfone groups is 1. The molecule has 11 nitrogen and oxygen atoms in total. The summed E-state index contributed by atoms with van der Waals surface area (Å²) in [5.41, 5.74) is 1.58. The van der Waals surface area contributed by atoms with E-state index in [4.69, 9.17) is 24.2 Å². The largest absolute Gasteiger partial charge is 0.382 e. The fraction of sp³-hybridized carbons (Fsp3) is 0.783. The van der Waals surface area contributed by atoms with Crippen molar-refractivity contribution in [2.45, 2.75) is 45.3 Å². The van der Waals surface area contributed by atoms with Gasteiger partial charge in [0.15, 0.2) is 5.82 Å². The Morgan fingerprint density at radius 3 is 2.60 bits per heavy atom. The van der Waals surface area contributed by atoms with Gasteiger partial charge in [-0.3, -0.25) is 4.68 Å². The highest BCUT2D eigenvalue weighted by molar-refractivity contribution is 7.90. The molecule has 0 aliphatic carbocycles. The number of aromatic nitrogens is 4. The van der Waals surface area contributed by atoms with Crippen molar-refractivity contribution >= 4 is 32.6 Å². The van der Waals surface area contributed by atoms with Crippen LogP contribution in [0.2, 0.25) is 0 Å². The Kier molecular flexibility index (Phi) is 7.29. The number of ether oxygens (including phenoxy) is 3. The molecule has 0 amide bonds. The lowest BCUT2D eigenvalue weighted by Crippen LogP contribution is -2.54. The molecule has 1 N–H and O–H groups in total. The molecule has 2 fully saturated rings. The quantitative estimate of drug-likeness (QED) is 0.560.